The summed E-state index contributed by atoms with van der Waals surface area (Å²) < 4.78 is 46.4. The number of furan rings is 1. The van der Waals surface area contributed by atoms with Gasteiger partial charge in [-0.1, -0.05) is 102 Å². The molecule has 1 aliphatic rings. The number of esters is 2. The van der Waals surface area contributed by atoms with Crippen molar-refractivity contribution in [3.05, 3.63) is 59.1 Å². The summed E-state index contributed by atoms with van der Waals surface area (Å²) in [4.78, 5) is 35.6. The zero-order valence-corrected chi connectivity index (χ0v) is 39.5. The van der Waals surface area contributed by atoms with E-state index in [1.54, 1.807) is 0 Å². The fraction of sp³-hybridized carbons (Fsp3) is 0.750. The van der Waals surface area contributed by atoms with Gasteiger partial charge in [0.05, 0.1) is 40.0 Å². The number of rotatable bonds is 37. The highest BCUT2D eigenvalue weighted by atomic mass is 31.2. The quantitative estimate of drug-likeness (QED) is 0.0172. The summed E-state index contributed by atoms with van der Waals surface area (Å²) in [5, 5.41) is 0. The van der Waals surface area contributed by atoms with Crippen molar-refractivity contribution in [2.75, 3.05) is 47.5 Å². The Hall–Kier alpha value is -2.53. The third-order valence-corrected chi connectivity index (χ3v) is 11.8. The molecule has 12 heteroatoms. The Kier molecular flexibility index (Phi) is 28.0. The molecule has 60 heavy (non-hydrogen) atoms. The lowest BCUT2D eigenvalue weighted by Crippen LogP contribution is -2.37. The van der Waals surface area contributed by atoms with Crippen molar-refractivity contribution in [2.45, 2.75) is 187 Å². The summed E-state index contributed by atoms with van der Waals surface area (Å²) in [6, 6.07) is 0. The number of allylic oxidation sites excluding steroid dienone is 4. The van der Waals surface area contributed by atoms with Crippen LogP contribution in [0.2, 0.25) is 0 Å². The molecular formula is C48H83NO10P+. The van der Waals surface area contributed by atoms with E-state index in [-0.39, 0.29) is 38.3 Å². The van der Waals surface area contributed by atoms with E-state index in [4.69, 9.17) is 27.7 Å². The van der Waals surface area contributed by atoms with Crippen LogP contribution in [0.3, 0.4) is 0 Å². The Balaban J connectivity index is 1.67. The Morgan fingerprint density at radius 1 is 0.700 bits per heavy atom. The number of epoxide rings is 1. The summed E-state index contributed by atoms with van der Waals surface area (Å²) in [5.41, 5.74) is 2.59. The zero-order chi connectivity index (χ0) is 44.1. The van der Waals surface area contributed by atoms with Crippen molar-refractivity contribution in [3.8, 4) is 0 Å². The van der Waals surface area contributed by atoms with Crippen LogP contribution in [-0.2, 0) is 50.3 Å². The normalized spacial score (nSPS) is 17.2. The number of hydrogen-bond donors (Lipinski definition) is 1. The third kappa shape index (κ3) is 26.7. The van der Waals surface area contributed by atoms with Crippen molar-refractivity contribution in [3.63, 3.8) is 0 Å². The van der Waals surface area contributed by atoms with Crippen LogP contribution in [0, 0.1) is 13.8 Å². The van der Waals surface area contributed by atoms with Crippen LogP contribution >= 0.6 is 7.82 Å². The van der Waals surface area contributed by atoms with E-state index in [0.29, 0.717) is 23.9 Å². The van der Waals surface area contributed by atoms with Crippen molar-refractivity contribution < 1.29 is 51.2 Å². The lowest BCUT2D eigenvalue weighted by atomic mass is 10.0. The summed E-state index contributed by atoms with van der Waals surface area (Å²) in [7, 11) is 1.41. The van der Waals surface area contributed by atoms with Gasteiger partial charge in [-0.15, -0.1) is 0 Å². The minimum absolute atomic E-state index is 0.0103. The molecule has 11 nitrogen and oxygen atoms in total. The van der Waals surface area contributed by atoms with Crippen LogP contribution in [0.1, 0.15) is 165 Å². The van der Waals surface area contributed by atoms with Gasteiger partial charge < -0.3 is 28.0 Å². The van der Waals surface area contributed by atoms with E-state index < -0.39 is 32.5 Å². The fourth-order valence-electron chi connectivity index (χ4n) is 6.70. The predicted octanol–water partition coefficient (Wildman–Crippen LogP) is 11.6. The average Bonchev–Trinajstić information content (AvgIpc) is 3.89. The molecule has 344 valence electrons. The van der Waals surface area contributed by atoms with E-state index in [1.807, 2.05) is 21.1 Å². The molecule has 1 fully saturated rings. The maximum absolute atomic E-state index is 12.8. The summed E-state index contributed by atoms with van der Waals surface area (Å²) >= 11 is 0. The van der Waals surface area contributed by atoms with Crippen LogP contribution in [0.15, 0.2) is 40.9 Å². The first-order valence-electron chi connectivity index (χ1n) is 23.2. The number of ether oxygens (including phenoxy) is 3. The molecule has 1 aliphatic heterocycles. The maximum atomic E-state index is 12.8. The molecule has 0 spiro atoms. The van der Waals surface area contributed by atoms with Gasteiger partial charge in [-0.3, -0.25) is 18.6 Å². The van der Waals surface area contributed by atoms with E-state index in [0.717, 1.165) is 88.6 Å². The predicted molar refractivity (Wildman–Crippen MR) is 241 cm³/mol. The number of phosphoric ester groups is 1. The van der Waals surface area contributed by atoms with Gasteiger partial charge in [0.25, 0.3) is 0 Å². The summed E-state index contributed by atoms with van der Waals surface area (Å²) in [5.74, 6) is 1.36. The lowest BCUT2D eigenvalue weighted by Gasteiger charge is -2.24. The van der Waals surface area contributed by atoms with Crippen molar-refractivity contribution >= 4 is 19.8 Å². The number of likely N-dealkylation sites (N-methyl/N-ethyl adjacent to an activating group) is 1. The molecule has 1 saturated heterocycles. The molecule has 0 aliphatic carbocycles. The number of unbranched alkanes of at least 4 members (excludes halogenated alkanes) is 11. The highest BCUT2D eigenvalue weighted by Gasteiger charge is 2.36. The second-order valence-electron chi connectivity index (χ2n) is 17.4. The number of carbonyl (C=O) groups is 2. The molecule has 3 unspecified atom stereocenters. The molecule has 2 heterocycles. The SMILES string of the molecule is CCCCC/C=C\C/C=C\CC1OC1C/C=C\CCCC(=O)OC[C@H](COP(=O)(O)OCC[N+](C)(C)C)OC(=O)CCCCCCCCc1oc(CCCCC)c(C)c1C. The lowest BCUT2D eigenvalue weighted by molar-refractivity contribution is -0.870. The van der Waals surface area contributed by atoms with Crippen molar-refractivity contribution in [1.82, 2.24) is 0 Å². The van der Waals surface area contributed by atoms with Crippen molar-refractivity contribution in [2.24, 2.45) is 0 Å². The highest BCUT2D eigenvalue weighted by molar-refractivity contribution is 7.47. The number of nitrogens with zero attached hydrogens (tertiary/aromatic N) is 1. The van der Waals surface area contributed by atoms with Gasteiger partial charge in [0.1, 0.15) is 31.3 Å². The molecule has 2 rings (SSSR count). The standard InChI is InChI=1S/C48H82NO10P/c1-8-10-12-13-14-15-16-20-26-32-45-46(59-45)33-27-22-23-28-34-47(50)54-38-42(39-56-60(52,53)55-37-36-49(5,6)7)57-48(51)35-29-21-18-17-19-25-31-44-41(4)40(3)43(58-44)30-24-11-9-2/h14-15,20,22,26-27,42,45-46H,8-13,16-19,21,23-25,28-39H2,1-7H3/p+1/b15-14-,26-20-,27-22-/t42-,45?,46?/m1/s1. The van der Waals surface area contributed by atoms with Crippen LogP contribution in [0.5, 0.6) is 0 Å². The number of quaternary nitrogens is 1. The monoisotopic (exact) mass is 865 g/mol. The number of hydrogen-bond acceptors (Lipinski definition) is 9. The van der Waals surface area contributed by atoms with Crippen LogP contribution in [-0.4, -0.2) is 87.1 Å². The minimum Gasteiger partial charge on any atom is -0.466 e. The largest absolute Gasteiger partial charge is 0.472 e. The van der Waals surface area contributed by atoms with Gasteiger partial charge >= 0.3 is 19.8 Å². The highest BCUT2D eigenvalue weighted by Crippen LogP contribution is 2.43. The molecule has 1 aromatic rings. The summed E-state index contributed by atoms with van der Waals surface area (Å²) in [6.07, 6.45) is 33.4. The maximum Gasteiger partial charge on any atom is 0.472 e. The van der Waals surface area contributed by atoms with Gasteiger partial charge in [0.15, 0.2) is 6.10 Å². The molecule has 1 N–H and O–H groups in total. The number of phosphoric acid groups is 1. The molecule has 0 radical (unpaired) electrons. The topological polar surface area (TPSA) is 134 Å². The third-order valence-electron chi connectivity index (χ3n) is 10.8. The Labute approximate surface area is 363 Å². The fourth-order valence-corrected chi connectivity index (χ4v) is 7.44. The van der Waals surface area contributed by atoms with Gasteiger partial charge in [0.2, 0.25) is 0 Å². The molecule has 1 aromatic heterocycles. The first-order valence-corrected chi connectivity index (χ1v) is 24.7. The molecule has 0 saturated carbocycles. The Bertz CT molecular complexity index is 1460. The Morgan fingerprint density at radius 3 is 1.92 bits per heavy atom. The molecule has 0 aromatic carbocycles. The molecule has 4 atom stereocenters. The molecular weight excluding hydrogens is 781 g/mol. The van der Waals surface area contributed by atoms with Gasteiger partial charge in [-0.05, 0) is 89.2 Å². The number of aryl methyl sites for hydroxylation is 2. The van der Waals surface area contributed by atoms with Crippen LogP contribution in [0.4, 0.5) is 0 Å². The Morgan fingerprint density at radius 2 is 1.25 bits per heavy atom. The van der Waals surface area contributed by atoms with Gasteiger partial charge in [-0.25, -0.2) is 4.57 Å². The van der Waals surface area contributed by atoms with E-state index in [9.17, 15) is 19.0 Å². The minimum atomic E-state index is -4.41. The van der Waals surface area contributed by atoms with Gasteiger partial charge in [-0.2, -0.15) is 0 Å². The average molecular weight is 865 g/mol. The second kappa shape index (κ2) is 31.3. The first kappa shape index (κ1) is 53.6. The van der Waals surface area contributed by atoms with Crippen LogP contribution in [0.25, 0.3) is 0 Å². The second-order valence-corrected chi connectivity index (χ2v) is 18.9. The van der Waals surface area contributed by atoms with E-state index in [1.165, 1.54) is 49.7 Å². The van der Waals surface area contributed by atoms with E-state index >= 15 is 0 Å². The van der Waals surface area contributed by atoms with Crippen LogP contribution < -0.4 is 0 Å². The zero-order valence-electron chi connectivity index (χ0n) is 38.6. The smallest absolute Gasteiger partial charge is 0.466 e. The molecule has 0 amide bonds. The van der Waals surface area contributed by atoms with Gasteiger partial charge in [0, 0.05) is 25.7 Å². The van der Waals surface area contributed by atoms with Crippen molar-refractivity contribution in [1.29, 1.82) is 0 Å². The first-order chi connectivity index (χ1) is 28.7. The molecule has 0 bridgehead atoms. The summed E-state index contributed by atoms with van der Waals surface area (Å²) in [6.45, 7) is 8.56. The van der Waals surface area contributed by atoms with E-state index in [2.05, 4.69) is 64.2 Å². The number of carbonyl (C=O) groups excluding carboxylic acids is 2.